The first kappa shape index (κ1) is 21.9. The molecule has 1 aromatic carbocycles. The largest absolute Gasteiger partial charge is 0.494 e. The molecule has 0 spiro atoms. The Morgan fingerprint density at radius 3 is 2.65 bits per heavy atom. The van der Waals surface area contributed by atoms with E-state index in [1.54, 1.807) is 13.2 Å². The number of ether oxygens (including phenoxy) is 2. The molecule has 6 nitrogen and oxygen atoms in total. The third-order valence-electron chi connectivity index (χ3n) is 6.40. The number of allylic oxidation sites excluding steroid dienone is 3. The van der Waals surface area contributed by atoms with Crippen LogP contribution in [0.25, 0.3) is 0 Å². The Morgan fingerprint density at radius 2 is 1.94 bits per heavy atom. The van der Waals surface area contributed by atoms with E-state index in [4.69, 9.17) is 14.3 Å². The predicted molar refractivity (Wildman–Crippen MR) is 115 cm³/mol. The SMILES string of the molecule is COC(C)C1(N2CCCCC2)C=C(F)C=C2ON(O)C(CCCOc3ccccc3)=C21. The van der Waals surface area contributed by atoms with Crippen molar-refractivity contribution in [2.45, 2.75) is 50.7 Å². The van der Waals surface area contributed by atoms with E-state index < -0.39 is 5.54 Å². The highest BCUT2D eigenvalue weighted by atomic mass is 19.1. The number of para-hydroxylation sites is 1. The molecule has 2 atom stereocenters. The molecule has 2 heterocycles. The zero-order chi connectivity index (χ0) is 21.8. The Labute approximate surface area is 183 Å². The number of rotatable bonds is 8. The number of hydrogen-bond donors (Lipinski definition) is 1. The molecule has 2 unspecified atom stereocenters. The Balaban J connectivity index is 1.63. The van der Waals surface area contributed by atoms with Crippen LogP contribution in [0.3, 0.4) is 0 Å². The van der Waals surface area contributed by atoms with E-state index in [9.17, 15) is 9.60 Å². The number of benzene rings is 1. The number of fused-ring (bicyclic) bond motifs is 1. The van der Waals surface area contributed by atoms with Gasteiger partial charge in [0.25, 0.3) is 0 Å². The highest BCUT2D eigenvalue weighted by molar-refractivity contribution is 5.53. The van der Waals surface area contributed by atoms with Crippen molar-refractivity contribution in [1.82, 2.24) is 10.1 Å². The number of methoxy groups -OCH3 is 1. The topological polar surface area (TPSA) is 54.4 Å². The van der Waals surface area contributed by atoms with Crippen molar-refractivity contribution in [3.05, 3.63) is 65.3 Å². The second-order valence-corrected chi connectivity index (χ2v) is 8.24. The first-order chi connectivity index (χ1) is 15.1. The lowest BCUT2D eigenvalue weighted by atomic mass is 9.76. The summed E-state index contributed by atoms with van der Waals surface area (Å²) in [7, 11) is 1.64. The maximum absolute atomic E-state index is 14.8. The molecular weight excluding hydrogens is 399 g/mol. The molecule has 0 saturated carbocycles. The highest BCUT2D eigenvalue weighted by Gasteiger charge is 2.52. The number of halogens is 1. The number of likely N-dealkylation sites (tertiary alicyclic amines) is 1. The van der Waals surface area contributed by atoms with Gasteiger partial charge in [0.1, 0.15) is 11.6 Å². The van der Waals surface area contributed by atoms with Crippen molar-refractivity contribution in [2.24, 2.45) is 0 Å². The quantitative estimate of drug-likeness (QED) is 0.601. The Kier molecular flexibility index (Phi) is 6.65. The second-order valence-electron chi connectivity index (χ2n) is 8.24. The minimum Gasteiger partial charge on any atom is -0.494 e. The average Bonchev–Trinajstić information content (AvgIpc) is 3.11. The van der Waals surface area contributed by atoms with E-state index in [0.29, 0.717) is 30.9 Å². The second kappa shape index (κ2) is 9.42. The zero-order valence-corrected chi connectivity index (χ0v) is 18.2. The Hall–Kier alpha value is -2.35. The lowest BCUT2D eigenvalue weighted by Crippen LogP contribution is -2.59. The minimum atomic E-state index is -0.837. The van der Waals surface area contributed by atoms with E-state index >= 15 is 0 Å². The smallest absolute Gasteiger partial charge is 0.168 e. The molecular formula is C24H31FN2O4. The molecule has 0 aromatic heterocycles. The lowest BCUT2D eigenvalue weighted by molar-refractivity contribution is -0.280. The van der Waals surface area contributed by atoms with Crippen LogP contribution in [0.5, 0.6) is 5.75 Å². The van der Waals surface area contributed by atoms with E-state index in [-0.39, 0.29) is 11.9 Å². The number of hydroxylamine groups is 2. The van der Waals surface area contributed by atoms with Crippen LogP contribution in [-0.4, -0.2) is 53.8 Å². The molecule has 1 aromatic rings. The third-order valence-corrected chi connectivity index (χ3v) is 6.40. The van der Waals surface area contributed by atoms with Gasteiger partial charge in [-0.1, -0.05) is 29.8 Å². The van der Waals surface area contributed by atoms with Gasteiger partial charge in [-0.3, -0.25) is 10.1 Å². The van der Waals surface area contributed by atoms with Crippen molar-refractivity contribution < 1.29 is 23.9 Å². The fourth-order valence-electron chi connectivity index (χ4n) is 4.85. The van der Waals surface area contributed by atoms with Crippen LogP contribution in [0, 0.1) is 0 Å². The summed E-state index contributed by atoms with van der Waals surface area (Å²) >= 11 is 0. The Morgan fingerprint density at radius 1 is 1.19 bits per heavy atom. The van der Waals surface area contributed by atoms with Gasteiger partial charge in [-0.25, -0.2) is 4.39 Å². The van der Waals surface area contributed by atoms with Gasteiger partial charge in [-0.05, 0) is 63.9 Å². The standard InChI is InChI=1S/C24H31FN2O4/c1-18(29-2)24(26-13-7-4-8-14-26)17-19(25)16-22-23(24)21(27(28)31-22)12-9-15-30-20-10-5-3-6-11-20/h3,5-6,10-11,16-18,28H,4,7-9,12-15H2,1-2H3. The van der Waals surface area contributed by atoms with E-state index in [0.717, 1.165) is 48.9 Å². The van der Waals surface area contributed by atoms with Gasteiger partial charge in [-0.15, -0.1) is 0 Å². The van der Waals surface area contributed by atoms with Crippen LogP contribution >= 0.6 is 0 Å². The fourth-order valence-corrected chi connectivity index (χ4v) is 4.85. The van der Waals surface area contributed by atoms with Crippen LogP contribution in [0.4, 0.5) is 4.39 Å². The summed E-state index contributed by atoms with van der Waals surface area (Å²) in [6.07, 6.45) is 7.09. The van der Waals surface area contributed by atoms with Crippen LogP contribution < -0.4 is 4.74 Å². The normalized spacial score (nSPS) is 25.0. The van der Waals surface area contributed by atoms with Crippen LogP contribution in [-0.2, 0) is 9.57 Å². The summed E-state index contributed by atoms with van der Waals surface area (Å²) in [4.78, 5) is 7.85. The van der Waals surface area contributed by atoms with E-state index in [1.165, 1.54) is 6.08 Å². The monoisotopic (exact) mass is 430 g/mol. The lowest BCUT2D eigenvalue weighted by Gasteiger charge is -2.48. The van der Waals surface area contributed by atoms with Gasteiger partial charge in [-0.2, -0.15) is 0 Å². The molecule has 1 saturated heterocycles. The van der Waals surface area contributed by atoms with Crippen molar-refractivity contribution in [1.29, 1.82) is 0 Å². The van der Waals surface area contributed by atoms with E-state index in [2.05, 4.69) is 4.90 Å². The molecule has 3 aliphatic rings. The fraction of sp³-hybridized carbons (Fsp3) is 0.500. The molecule has 168 valence electrons. The average molecular weight is 431 g/mol. The summed E-state index contributed by atoms with van der Waals surface area (Å²) in [5.74, 6) is 0.772. The number of nitrogens with zero attached hydrogens (tertiary/aromatic N) is 2. The predicted octanol–water partition coefficient (Wildman–Crippen LogP) is 4.75. The molecule has 4 rings (SSSR count). The number of hydrogen-bond acceptors (Lipinski definition) is 6. The molecule has 7 heteroatoms. The van der Waals surface area contributed by atoms with Gasteiger partial charge < -0.3 is 14.3 Å². The summed E-state index contributed by atoms with van der Waals surface area (Å²) in [5, 5.41) is 11.4. The first-order valence-corrected chi connectivity index (χ1v) is 11.0. The Bertz CT molecular complexity index is 864. The van der Waals surface area contributed by atoms with Crippen molar-refractivity contribution in [2.75, 3.05) is 26.8 Å². The summed E-state index contributed by atoms with van der Waals surface area (Å²) in [6.45, 7) is 4.12. The summed E-state index contributed by atoms with van der Waals surface area (Å²) < 4.78 is 26.4. The third kappa shape index (κ3) is 4.22. The van der Waals surface area contributed by atoms with Crippen molar-refractivity contribution in [3.8, 4) is 5.75 Å². The number of piperidine rings is 1. The van der Waals surface area contributed by atoms with Gasteiger partial charge in [0.15, 0.2) is 5.76 Å². The van der Waals surface area contributed by atoms with Crippen LogP contribution in [0.1, 0.15) is 39.0 Å². The maximum atomic E-state index is 14.8. The van der Waals surface area contributed by atoms with Crippen molar-refractivity contribution >= 4 is 0 Å². The molecule has 0 bridgehead atoms. The van der Waals surface area contributed by atoms with Gasteiger partial charge in [0, 0.05) is 18.8 Å². The summed E-state index contributed by atoms with van der Waals surface area (Å²) in [6, 6.07) is 9.63. The van der Waals surface area contributed by atoms with Gasteiger partial charge in [0.05, 0.1) is 23.9 Å². The summed E-state index contributed by atoms with van der Waals surface area (Å²) in [5.41, 5.74) is 0.574. The molecule has 0 radical (unpaired) electrons. The molecule has 31 heavy (non-hydrogen) atoms. The molecule has 1 N–H and O–H groups in total. The van der Waals surface area contributed by atoms with Crippen LogP contribution in [0.15, 0.2) is 65.3 Å². The van der Waals surface area contributed by atoms with Gasteiger partial charge in [0.2, 0.25) is 0 Å². The van der Waals surface area contributed by atoms with Crippen molar-refractivity contribution in [3.63, 3.8) is 0 Å². The minimum absolute atomic E-state index is 0.333. The van der Waals surface area contributed by atoms with Crippen LogP contribution in [0.2, 0.25) is 0 Å². The highest BCUT2D eigenvalue weighted by Crippen LogP contribution is 2.48. The van der Waals surface area contributed by atoms with E-state index in [1.807, 2.05) is 37.3 Å². The van der Waals surface area contributed by atoms with Gasteiger partial charge >= 0.3 is 0 Å². The zero-order valence-electron chi connectivity index (χ0n) is 18.2. The molecule has 1 aliphatic carbocycles. The molecule has 2 aliphatic heterocycles. The molecule has 0 amide bonds. The first-order valence-electron chi connectivity index (χ1n) is 11.0. The molecule has 1 fully saturated rings. The maximum Gasteiger partial charge on any atom is 0.168 e.